The monoisotopic (exact) mass is 271 g/mol. The van der Waals surface area contributed by atoms with Gasteiger partial charge >= 0.3 is 0 Å². The molecule has 0 unspecified atom stereocenters. The Kier molecular flexibility index (Phi) is 4.08. The molecule has 1 fully saturated rings. The minimum Gasteiger partial charge on any atom is -0.325 e. The molecule has 0 atom stereocenters. The Balaban J connectivity index is 1.81. The van der Waals surface area contributed by atoms with Crippen LogP contribution in [0.25, 0.3) is 11.3 Å². The Morgan fingerprint density at radius 2 is 1.80 bits per heavy atom. The van der Waals surface area contributed by atoms with E-state index in [1.165, 1.54) is 25.9 Å². The summed E-state index contributed by atoms with van der Waals surface area (Å²) in [6.45, 7) is 4.75. The molecule has 1 saturated heterocycles. The summed E-state index contributed by atoms with van der Waals surface area (Å²) in [5.41, 5.74) is 8.87. The van der Waals surface area contributed by atoms with Gasteiger partial charge in [0.25, 0.3) is 0 Å². The highest BCUT2D eigenvalue weighted by molar-refractivity contribution is 5.61. The summed E-state index contributed by atoms with van der Waals surface area (Å²) >= 11 is 0. The molecule has 1 aliphatic rings. The lowest BCUT2D eigenvalue weighted by Crippen LogP contribution is -2.24. The first-order chi connectivity index (χ1) is 9.88. The third-order valence-corrected chi connectivity index (χ3v) is 3.87. The van der Waals surface area contributed by atoms with E-state index in [0.29, 0.717) is 6.54 Å². The minimum absolute atomic E-state index is 0.425. The van der Waals surface area contributed by atoms with E-state index in [-0.39, 0.29) is 0 Å². The van der Waals surface area contributed by atoms with E-state index < -0.39 is 0 Å². The second kappa shape index (κ2) is 6.15. The maximum absolute atomic E-state index is 5.79. The van der Waals surface area contributed by atoms with Crippen LogP contribution in [0.15, 0.2) is 30.3 Å². The van der Waals surface area contributed by atoms with Crippen molar-refractivity contribution in [2.75, 3.05) is 19.6 Å². The van der Waals surface area contributed by atoms with Gasteiger partial charge in [-0.25, -0.2) is 4.68 Å². The van der Waals surface area contributed by atoms with Gasteiger partial charge in [-0.2, -0.15) is 0 Å². The zero-order valence-electron chi connectivity index (χ0n) is 11.7. The smallest absolute Gasteiger partial charge is 0.104 e. The highest BCUT2D eigenvalue weighted by Gasteiger charge is 2.16. The van der Waals surface area contributed by atoms with Gasteiger partial charge in [-0.3, -0.25) is 0 Å². The fourth-order valence-corrected chi connectivity index (χ4v) is 2.80. The molecule has 1 aliphatic heterocycles. The standard InChI is InChI=1S/C15H21N5/c16-12-14-15(13-6-2-1-3-7-13)20(18-17-14)11-10-19-8-4-5-9-19/h1-3,6-7H,4-5,8-12,16H2. The average Bonchev–Trinajstić information content (AvgIpc) is 3.15. The van der Waals surface area contributed by atoms with Gasteiger partial charge in [0.05, 0.1) is 12.2 Å². The molecule has 106 valence electrons. The Morgan fingerprint density at radius 3 is 2.50 bits per heavy atom. The molecular weight excluding hydrogens is 250 g/mol. The Bertz CT molecular complexity index is 543. The third-order valence-electron chi connectivity index (χ3n) is 3.87. The molecule has 2 aromatic rings. The molecule has 5 heteroatoms. The highest BCUT2D eigenvalue weighted by atomic mass is 15.4. The van der Waals surface area contributed by atoms with Crippen LogP contribution in [-0.2, 0) is 13.1 Å². The van der Waals surface area contributed by atoms with Gasteiger partial charge < -0.3 is 10.6 Å². The third kappa shape index (κ3) is 2.73. The van der Waals surface area contributed by atoms with Crippen molar-refractivity contribution in [1.82, 2.24) is 19.9 Å². The molecule has 0 bridgehead atoms. The SMILES string of the molecule is NCc1nnn(CCN2CCCC2)c1-c1ccccc1. The fraction of sp³-hybridized carbons (Fsp3) is 0.467. The van der Waals surface area contributed by atoms with Gasteiger partial charge in [0, 0.05) is 18.7 Å². The van der Waals surface area contributed by atoms with E-state index in [2.05, 4.69) is 27.3 Å². The quantitative estimate of drug-likeness (QED) is 0.895. The first-order valence-corrected chi connectivity index (χ1v) is 7.28. The van der Waals surface area contributed by atoms with E-state index in [1.54, 1.807) is 0 Å². The van der Waals surface area contributed by atoms with E-state index in [9.17, 15) is 0 Å². The van der Waals surface area contributed by atoms with Crippen molar-refractivity contribution in [3.8, 4) is 11.3 Å². The molecule has 0 amide bonds. The molecule has 0 saturated carbocycles. The zero-order valence-corrected chi connectivity index (χ0v) is 11.7. The number of benzene rings is 1. The predicted molar refractivity (Wildman–Crippen MR) is 79.0 cm³/mol. The van der Waals surface area contributed by atoms with Crippen LogP contribution in [0, 0.1) is 0 Å². The normalized spacial score (nSPS) is 15.8. The fourth-order valence-electron chi connectivity index (χ4n) is 2.80. The van der Waals surface area contributed by atoms with E-state index >= 15 is 0 Å². The van der Waals surface area contributed by atoms with Crippen LogP contribution < -0.4 is 5.73 Å². The van der Waals surface area contributed by atoms with Crippen LogP contribution in [0.3, 0.4) is 0 Å². The predicted octanol–water partition coefficient (Wildman–Crippen LogP) is 1.50. The summed E-state index contributed by atoms with van der Waals surface area (Å²) in [6, 6.07) is 10.3. The Labute approximate surface area is 119 Å². The number of nitrogens with two attached hydrogens (primary N) is 1. The van der Waals surface area contributed by atoms with Crippen molar-refractivity contribution in [3.05, 3.63) is 36.0 Å². The summed E-state index contributed by atoms with van der Waals surface area (Å²) < 4.78 is 2.00. The van der Waals surface area contributed by atoms with Crippen molar-refractivity contribution in [1.29, 1.82) is 0 Å². The van der Waals surface area contributed by atoms with Crippen molar-refractivity contribution in [2.24, 2.45) is 5.73 Å². The summed E-state index contributed by atoms with van der Waals surface area (Å²) in [5.74, 6) is 0. The molecule has 1 aromatic carbocycles. The number of hydrogen-bond donors (Lipinski definition) is 1. The van der Waals surface area contributed by atoms with Gasteiger partial charge in [-0.05, 0) is 25.9 Å². The van der Waals surface area contributed by atoms with Crippen LogP contribution in [0.1, 0.15) is 18.5 Å². The van der Waals surface area contributed by atoms with Gasteiger partial charge in [0.1, 0.15) is 5.69 Å². The number of likely N-dealkylation sites (tertiary alicyclic amines) is 1. The largest absolute Gasteiger partial charge is 0.325 e. The van der Waals surface area contributed by atoms with Gasteiger partial charge in [-0.1, -0.05) is 35.5 Å². The molecule has 20 heavy (non-hydrogen) atoms. The van der Waals surface area contributed by atoms with Crippen molar-refractivity contribution in [2.45, 2.75) is 25.9 Å². The molecule has 0 spiro atoms. The van der Waals surface area contributed by atoms with Crippen LogP contribution in [0.2, 0.25) is 0 Å². The molecule has 2 heterocycles. The molecule has 3 rings (SSSR count). The number of nitrogens with zero attached hydrogens (tertiary/aromatic N) is 4. The van der Waals surface area contributed by atoms with Crippen LogP contribution in [0.5, 0.6) is 0 Å². The van der Waals surface area contributed by atoms with Crippen molar-refractivity contribution < 1.29 is 0 Å². The first kappa shape index (κ1) is 13.3. The Hall–Kier alpha value is -1.72. The summed E-state index contributed by atoms with van der Waals surface area (Å²) in [5, 5.41) is 8.51. The van der Waals surface area contributed by atoms with Crippen molar-refractivity contribution >= 4 is 0 Å². The molecule has 2 N–H and O–H groups in total. The van der Waals surface area contributed by atoms with Gasteiger partial charge in [0.15, 0.2) is 0 Å². The minimum atomic E-state index is 0.425. The lowest BCUT2D eigenvalue weighted by atomic mass is 10.1. The summed E-state index contributed by atoms with van der Waals surface area (Å²) in [7, 11) is 0. The summed E-state index contributed by atoms with van der Waals surface area (Å²) in [4.78, 5) is 2.48. The molecule has 1 aromatic heterocycles. The molecule has 5 nitrogen and oxygen atoms in total. The highest BCUT2D eigenvalue weighted by Crippen LogP contribution is 2.21. The lowest BCUT2D eigenvalue weighted by Gasteiger charge is -2.15. The maximum atomic E-state index is 5.79. The van der Waals surface area contributed by atoms with E-state index in [1.807, 2.05) is 22.9 Å². The Morgan fingerprint density at radius 1 is 1.05 bits per heavy atom. The number of rotatable bonds is 5. The van der Waals surface area contributed by atoms with Crippen LogP contribution >= 0.6 is 0 Å². The molecular formula is C15H21N5. The zero-order chi connectivity index (χ0) is 13.8. The van der Waals surface area contributed by atoms with Crippen LogP contribution in [-0.4, -0.2) is 39.5 Å². The topological polar surface area (TPSA) is 60.0 Å². The van der Waals surface area contributed by atoms with Crippen molar-refractivity contribution in [3.63, 3.8) is 0 Å². The number of aromatic nitrogens is 3. The van der Waals surface area contributed by atoms with Gasteiger partial charge in [0.2, 0.25) is 0 Å². The second-order valence-electron chi connectivity index (χ2n) is 5.23. The molecule has 0 radical (unpaired) electrons. The maximum Gasteiger partial charge on any atom is 0.104 e. The van der Waals surface area contributed by atoms with E-state index in [0.717, 1.165) is 30.0 Å². The lowest BCUT2D eigenvalue weighted by molar-refractivity contribution is 0.315. The van der Waals surface area contributed by atoms with E-state index in [4.69, 9.17) is 5.73 Å². The van der Waals surface area contributed by atoms with Gasteiger partial charge in [-0.15, -0.1) is 5.10 Å². The second-order valence-corrected chi connectivity index (χ2v) is 5.23. The average molecular weight is 271 g/mol. The first-order valence-electron chi connectivity index (χ1n) is 7.28. The van der Waals surface area contributed by atoms with Crippen LogP contribution in [0.4, 0.5) is 0 Å². The number of hydrogen-bond acceptors (Lipinski definition) is 4. The molecule has 0 aliphatic carbocycles. The summed E-state index contributed by atoms with van der Waals surface area (Å²) in [6.07, 6.45) is 2.63.